The van der Waals surface area contributed by atoms with Gasteiger partial charge in [-0.2, -0.15) is 0 Å². The number of rotatable bonds is 7. The van der Waals surface area contributed by atoms with Gasteiger partial charge in [0.15, 0.2) is 0 Å². The highest BCUT2D eigenvalue weighted by Crippen LogP contribution is 2.44. The van der Waals surface area contributed by atoms with E-state index in [0.717, 1.165) is 49.0 Å². The van der Waals surface area contributed by atoms with Crippen LogP contribution in [-0.2, 0) is 6.42 Å². The summed E-state index contributed by atoms with van der Waals surface area (Å²) in [5, 5.41) is 6.86. The van der Waals surface area contributed by atoms with Gasteiger partial charge in [0.05, 0.1) is 0 Å². The Balaban J connectivity index is 2.18. The Labute approximate surface area is 116 Å². The third-order valence-corrected chi connectivity index (χ3v) is 3.80. The van der Waals surface area contributed by atoms with E-state index in [1.165, 1.54) is 12.8 Å². The summed E-state index contributed by atoms with van der Waals surface area (Å²) < 4.78 is 0. The zero-order valence-electron chi connectivity index (χ0n) is 12.6. The maximum absolute atomic E-state index is 4.67. The molecule has 1 saturated carbocycles. The standard InChI is InChI=1S/C15H26N4/c1-5-7-12-18-13(16-6-2)11(3)14(19-12)17-10-15(4)8-9-15/h5-10H2,1-4H3,(H2,16,17,18,19). The molecule has 0 unspecified atom stereocenters. The quantitative estimate of drug-likeness (QED) is 0.791. The highest BCUT2D eigenvalue weighted by Gasteiger charge is 2.37. The first-order chi connectivity index (χ1) is 9.08. The average molecular weight is 262 g/mol. The Morgan fingerprint density at radius 3 is 2.26 bits per heavy atom. The minimum absolute atomic E-state index is 0.487. The van der Waals surface area contributed by atoms with E-state index in [4.69, 9.17) is 0 Å². The van der Waals surface area contributed by atoms with Crippen molar-refractivity contribution in [1.82, 2.24) is 9.97 Å². The average Bonchev–Trinajstić information content (AvgIpc) is 3.11. The largest absolute Gasteiger partial charge is 0.370 e. The summed E-state index contributed by atoms with van der Waals surface area (Å²) in [5.41, 5.74) is 1.62. The molecular weight excluding hydrogens is 236 g/mol. The second-order valence-corrected chi connectivity index (χ2v) is 5.91. The molecule has 106 valence electrons. The molecular formula is C15H26N4. The molecule has 1 heterocycles. The van der Waals surface area contributed by atoms with Gasteiger partial charge < -0.3 is 10.6 Å². The van der Waals surface area contributed by atoms with Gasteiger partial charge >= 0.3 is 0 Å². The predicted octanol–water partition coefficient (Wildman–Crippen LogP) is 3.38. The first-order valence-electron chi connectivity index (χ1n) is 7.43. The maximum Gasteiger partial charge on any atom is 0.134 e. The summed E-state index contributed by atoms with van der Waals surface area (Å²) in [4.78, 5) is 9.28. The van der Waals surface area contributed by atoms with Crippen LogP contribution in [0.2, 0.25) is 0 Å². The minimum atomic E-state index is 0.487. The third-order valence-electron chi connectivity index (χ3n) is 3.80. The van der Waals surface area contributed by atoms with Gasteiger partial charge in [-0.15, -0.1) is 0 Å². The Bertz CT molecular complexity index is 438. The summed E-state index contributed by atoms with van der Waals surface area (Å²) in [6.45, 7) is 10.6. The van der Waals surface area contributed by atoms with Gasteiger partial charge in [-0.3, -0.25) is 0 Å². The fourth-order valence-corrected chi connectivity index (χ4v) is 2.10. The van der Waals surface area contributed by atoms with E-state index in [1.807, 2.05) is 0 Å². The Hall–Kier alpha value is -1.32. The summed E-state index contributed by atoms with van der Waals surface area (Å²) in [6, 6.07) is 0. The zero-order valence-corrected chi connectivity index (χ0v) is 12.6. The van der Waals surface area contributed by atoms with Gasteiger partial charge in [-0.25, -0.2) is 9.97 Å². The number of nitrogens with zero attached hydrogens (tertiary/aromatic N) is 2. The lowest BCUT2D eigenvalue weighted by Crippen LogP contribution is -2.16. The molecule has 1 aromatic rings. The van der Waals surface area contributed by atoms with Crippen molar-refractivity contribution >= 4 is 11.6 Å². The number of aryl methyl sites for hydroxylation is 1. The molecule has 0 aromatic carbocycles. The molecule has 0 radical (unpaired) electrons. The van der Waals surface area contributed by atoms with Gasteiger partial charge in [0.2, 0.25) is 0 Å². The molecule has 0 saturated heterocycles. The lowest BCUT2D eigenvalue weighted by molar-refractivity contribution is 0.608. The molecule has 1 aliphatic carbocycles. The van der Waals surface area contributed by atoms with Gasteiger partial charge in [0.25, 0.3) is 0 Å². The fraction of sp³-hybridized carbons (Fsp3) is 0.733. The van der Waals surface area contributed by atoms with Crippen LogP contribution < -0.4 is 10.6 Å². The van der Waals surface area contributed by atoms with Crippen LogP contribution in [0, 0.1) is 12.3 Å². The third kappa shape index (κ3) is 3.58. The van der Waals surface area contributed by atoms with Crippen molar-refractivity contribution in [3.05, 3.63) is 11.4 Å². The van der Waals surface area contributed by atoms with Crippen LogP contribution in [-0.4, -0.2) is 23.1 Å². The molecule has 1 aromatic heterocycles. The van der Waals surface area contributed by atoms with E-state index in [-0.39, 0.29) is 0 Å². The topological polar surface area (TPSA) is 49.8 Å². The van der Waals surface area contributed by atoms with E-state index in [0.29, 0.717) is 5.41 Å². The summed E-state index contributed by atoms with van der Waals surface area (Å²) in [6.07, 6.45) is 4.66. The molecule has 0 bridgehead atoms. The van der Waals surface area contributed by atoms with Crippen LogP contribution in [0.4, 0.5) is 11.6 Å². The lowest BCUT2D eigenvalue weighted by Gasteiger charge is -2.16. The van der Waals surface area contributed by atoms with Crippen LogP contribution >= 0.6 is 0 Å². The first-order valence-corrected chi connectivity index (χ1v) is 7.43. The summed E-state index contributed by atoms with van der Waals surface area (Å²) in [5.74, 6) is 2.92. The van der Waals surface area contributed by atoms with Crippen molar-refractivity contribution in [2.24, 2.45) is 5.41 Å². The highest BCUT2D eigenvalue weighted by molar-refractivity contribution is 5.57. The number of nitrogens with one attached hydrogen (secondary N) is 2. The van der Waals surface area contributed by atoms with Crippen LogP contribution in [0.5, 0.6) is 0 Å². The first kappa shape index (κ1) is 14.1. The molecule has 1 fully saturated rings. The summed E-state index contributed by atoms with van der Waals surface area (Å²) >= 11 is 0. The molecule has 0 amide bonds. The summed E-state index contributed by atoms with van der Waals surface area (Å²) in [7, 11) is 0. The molecule has 0 aliphatic heterocycles. The minimum Gasteiger partial charge on any atom is -0.370 e. The van der Waals surface area contributed by atoms with Gasteiger partial charge in [0.1, 0.15) is 17.5 Å². The Kier molecular flexibility index (Phi) is 4.27. The predicted molar refractivity (Wildman–Crippen MR) is 80.8 cm³/mol. The fourth-order valence-electron chi connectivity index (χ4n) is 2.10. The molecule has 19 heavy (non-hydrogen) atoms. The van der Waals surface area contributed by atoms with Crippen molar-refractivity contribution in [1.29, 1.82) is 0 Å². The Morgan fingerprint density at radius 1 is 1.11 bits per heavy atom. The van der Waals surface area contributed by atoms with Crippen molar-refractivity contribution < 1.29 is 0 Å². The molecule has 4 nitrogen and oxygen atoms in total. The Morgan fingerprint density at radius 2 is 1.74 bits per heavy atom. The van der Waals surface area contributed by atoms with Gasteiger partial charge in [0, 0.05) is 25.1 Å². The number of hydrogen-bond donors (Lipinski definition) is 2. The van der Waals surface area contributed by atoms with Gasteiger partial charge in [-0.1, -0.05) is 13.8 Å². The highest BCUT2D eigenvalue weighted by atomic mass is 15.1. The van der Waals surface area contributed by atoms with Crippen molar-refractivity contribution in [2.75, 3.05) is 23.7 Å². The zero-order chi connectivity index (χ0) is 13.9. The van der Waals surface area contributed by atoms with Crippen LogP contribution in [0.25, 0.3) is 0 Å². The van der Waals surface area contributed by atoms with E-state index in [9.17, 15) is 0 Å². The van der Waals surface area contributed by atoms with E-state index < -0.39 is 0 Å². The van der Waals surface area contributed by atoms with Gasteiger partial charge in [-0.05, 0) is 38.5 Å². The van der Waals surface area contributed by atoms with Crippen molar-refractivity contribution in [3.8, 4) is 0 Å². The maximum atomic E-state index is 4.67. The molecule has 2 rings (SSSR count). The van der Waals surface area contributed by atoms with Crippen LogP contribution in [0.15, 0.2) is 0 Å². The van der Waals surface area contributed by atoms with Crippen LogP contribution in [0.3, 0.4) is 0 Å². The smallest absolute Gasteiger partial charge is 0.134 e. The lowest BCUT2D eigenvalue weighted by atomic mass is 10.1. The monoisotopic (exact) mass is 262 g/mol. The SMILES string of the molecule is CCCc1nc(NCC)c(C)c(NCC2(C)CC2)n1. The normalized spacial score (nSPS) is 16.2. The number of hydrogen-bond acceptors (Lipinski definition) is 4. The number of anilines is 2. The van der Waals surface area contributed by atoms with Crippen molar-refractivity contribution in [3.63, 3.8) is 0 Å². The molecule has 0 atom stereocenters. The van der Waals surface area contributed by atoms with E-state index >= 15 is 0 Å². The molecule has 4 heteroatoms. The van der Waals surface area contributed by atoms with E-state index in [1.54, 1.807) is 0 Å². The van der Waals surface area contributed by atoms with E-state index in [2.05, 4.69) is 48.3 Å². The molecule has 2 N–H and O–H groups in total. The van der Waals surface area contributed by atoms with Crippen molar-refractivity contribution in [2.45, 2.75) is 53.4 Å². The second kappa shape index (κ2) is 5.76. The second-order valence-electron chi connectivity index (χ2n) is 5.91. The number of aromatic nitrogens is 2. The molecule has 0 spiro atoms. The molecule has 1 aliphatic rings. The van der Waals surface area contributed by atoms with Crippen LogP contribution in [0.1, 0.15) is 51.4 Å².